The van der Waals surface area contributed by atoms with Gasteiger partial charge in [0.05, 0.1) is 38.7 Å². The quantitative estimate of drug-likeness (QED) is 0.144. The molecule has 194 valence electrons. The first-order valence-electron chi connectivity index (χ1n) is 12.1. The Hall–Kier alpha value is -4.61. The number of nitrogens with one attached hydrogen (secondary N) is 1. The highest BCUT2D eigenvalue weighted by Crippen LogP contribution is 2.29. The molecule has 3 aromatic heterocycles. The molecular formula is C27H27N7O4. The van der Waals surface area contributed by atoms with Gasteiger partial charge >= 0.3 is 5.95 Å². The Morgan fingerprint density at radius 2 is 1.87 bits per heavy atom. The van der Waals surface area contributed by atoms with E-state index in [4.69, 9.17) is 14.5 Å². The van der Waals surface area contributed by atoms with Crippen LogP contribution in [0.1, 0.15) is 5.56 Å². The van der Waals surface area contributed by atoms with Gasteiger partial charge in [-0.2, -0.15) is 0 Å². The molecule has 38 heavy (non-hydrogen) atoms. The third-order valence-electron chi connectivity index (χ3n) is 5.99. The molecule has 3 heterocycles. The Labute approximate surface area is 218 Å². The van der Waals surface area contributed by atoms with Gasteiger partial charge in [-0.25, -0.2) is 14.5 Å². The topological polar surface area (TPSA) is 122 Å². The van der Waals surface area contributed by atoms with Crippen LogP contribution in [0.3, 0.4) is 0 Å². The van der Waals surface area contributed by atoms with Crippen LogP contribution in [-0.4, -0.2) is 48.8 Å². The van der Waals surface area contributed by atoms with Crippen molar-refractivity contribution in [2.24, 2.45) is 7.05 Å². The van der Waals surface area contributed by atoms with Gasteiger partial charge in [-0.05, 0) is 34.8 Å². The molecule has 11 heteroatoms. The van der Waals surface area contributed by atoms with Gasteiger partial charge < -0.3 is 29.5 Å². The third-order valence-corrected chi connectivity index (χ3v) is 5.99. The Bertz CT molecular complexity index is 1550. The normalized spacial score (nSPS) is 11.2. The fraction of sp³-hybridized carbons (Fsp3) is 0.222. The van der Waals surface area contributed by atoms with Crippen molar-refractivity contribution in [2.75, 3.05) is 25.1 Å². The molecule has 1 N–H and O–H groups in total. The van der Waals surface area contributed by atoms with E-state index in [0.29, 0.717) is 38.9 Å². The molecule has 0 aliphatic rings. The van der Waals surface area contributed by atoms with E-state index < -0.39 is 4.92 Å². The minimum atomic E-state index is -0.514. The summed E-state index contributed by atoms with van der Waals surface area (Å²) in [6.45, 7) is 1.89. The number of benzene rings is 2. The number of hydrogen-bond acceptors (Lipinski definition) is 8. The number of para-hydroxylation sites is 1. The van der Waals surface area contributed by atoms with Gasteiger partial charge in [0.2, 0.25) is 5.95 Å². The monoisotopic (exact) mass is 513 g/mol. The predicted octanol–water partition coefficient (Wildman–Crippen LogP) is 4.72. The van der Waals surface area contributed by atoms with Gasteiger partial charge in [0, 0.05) is 41.6 Å². The highest BCUT2D eigenvalue weighted by molar-refractivity contribution is 5.95. The van der Waals surface area contributed by atoms with Crippen LogP contribution in [0.25, 0.3) is 22.2 Å². The summed E-state index contributed by atoms with van der Waals surface area (Å²) in [5, 5.41) is 15.3. The lowest BCUT2D eigenvalue weighted by Crippen LogP contribution is -2.11. The fourth-order valence-corrected chi connectivity index (χ4v) is 4.20. The second-order valence-electron chi connectivity index (χ2n) is 8.60. The van der Waals surface area contributed by atoms with Crippen molar-refractivity contribution in [3.8, 4) is 11.3 Å². The summed E-state index contributed by atoms with van der Waals surface area (Å²) in [4.78, 5) is 23.2. The molecule has 5 rings (SSSR count). The summed E-state index contributed by atoms with van der Waals surface area (Å²) in [7, 11) is 2.03. The first-order chi connectivity index (χ1) is 18.6. The smallest absolute Gasteiger partial charge is 0.390 e. The van der Waals surface area contributed by atoms with Gasteiger partial charge in [0.1, 0.15) is 12.4 Å². The first kappa shape index (κ1) is 25.1. The molecule has 0 amide bonds. The number of fused-ring (bicyclic) bond motifs is 1. The zero-order valence-corrected chi connectivity index (χ0v) is 20.9. The average Bonchev–Trinajstić information content (AvgIpc) is 3.53. The molecule has 11 nitrogen and oxygen atoms in total. The largest absolute Gasteiger partial charge is 0.434 e. The Morgan fingerprint density at radius 3 is 2.76 bits per heavy atom. The molecule has 0 radical (unpaired) electrons. The van der Waals surface area contributed by atoms with Crippen molar-refractivity contribution in [3.63, 3.8) is 0 Å². The number of anilines is 2. The van der Waals surface area contributed by atoms with E-state index in [1.807, 2.05) is 49.5 Å². The van der Waals surface area contributed by atoms with Crippen LogP contribution in [-0.2, 0) is 29.7 Å². The molecule has 0 unspecified atom stereocenters. The van der Waals surface area contributed by atoms with E-state index in [1.54, 1.807) is 12.4 Å². The van der Waals surface area contributed by atoms with Crippen molar-refractivity contribution in [1.82, 2.24) is 24.1 Å². The van der Waals surface area contributed by atoms with Crippen molar-refractivity contribution < 1.29 is 14.4 Å². The number of rotatable bonds is 12. The Morgan fingerprint density at radius 1 is 1.00 bits per heavy atom. The number of aromatic nitrogens is 5. The van der Waals surface area contributed by atoms with Gasteiger partial charge in [-0.1, -0.05) is 35.3 Å². The highest BCUT2D eigenvalue weighted by atomic mass is 16.6. The number of ether oxygens (including phenoxy) is 2. The first-order valence-corrected chi connectivity index (χ1v) is 12.1. The molecule has 0 saturated heterocycles. The van der Waals surface area contributed by atoms with E-state index >= 15 is 0 Å². The second kappa shape index (κ2) is 11.6. The maximum atomic E-state index is 10.9. The van der Waals surface area contributed by atoms with E-state index in [1.165, 1.54) is 10.8 Å². The lowest BCUT2D eigenvalue weighted by Gasteiger charge is -2.09. The van der Waals surface area contributed by atoms with Crippen LogP contribution in [0.4, 0.5) is 17.6 Å². The molecule has 5 aromatic rings. The molecular weight excluding hydrogens is 486 g/mol. The molecule has 0 saturated carbocycles. The van der Waals surface area contributed by atoms with Crippen molar-refractivity contribution in [3.05, 3.63) is 95.1 Å². The number of hydrogen-bond donors (Lipinski definition) is 1. The number of aryl methyl sites for hydroxylation is 1. The highest BCUT2D eigenvalue weighted by Gasteiger charge is 2.13. The van der Waals surface area contributed by atoms with E-state index in [9.17, 15) is 10.1 Å². The standard InChI is InChI=1S/C27H27N7O4/c1-32-18-23(22-7-2-3-8-25(22)32)24-9-10-28-26(31-24)30-21-6-4-5-20(17-21)19-38-16-15-37-14-13-33-12-11-29-27(33)34(35)36/h2-12,17-18H,13-16,19H2,1H3,(H,28,30,31). The zero-order chi connectivity index (χ0) is 26.3. The second-order valence-corrected chi connectivity index (χ2v) is 8.60. The van der Waals surface area contributed by atoms with Crippen molar-refractivity contribution in [1.29, 1.82) is 0 Å². The summed E-state index contributed by atoms with van der Waals surface area (Å²) in [6.07, 6.45) is 6.80. The lowest BCUT2D eigenvalue weighted by atomic mass is 10.1. The van der Waals surface area contributed by atoms with E-state index in [-0.39, 0.29) is 5.95 Å². The van der Waals surface area contributed by atoms with Gasteiger partial charge in [-0.15, -0.1) is 0 Å². The minimum Gasteiger partial charge on any atom is -0.390 e. The fourth-order valence-electron chi connectivity index (χ4n) is 4.20. The summed E-state index contributed by atoms with van der Waals surface area (Å²) >= 11 is 0. The molecule has 0 bridgehead atoms. The average molecular weight is 514 g/mol. The molecule has 2 aromatic carbocycles. The summed E-state index contributed by atoms with van der Waals surface area (Å²) in [5.74, 6) is 0.323. The number of nitrogens with zero attached hydrogens (tertiary/aromatic N) is 6. The number of nitro groups is 1. The van der Waals surface area contributed by atoms with Gasteiger partial charge in [0.25, 0.3) is 0 Å². The summed E-state index contributed by atoms with van der Waals surface area (Å²) < 4.78 is 14.8. The van der Waals surface area contributed by atoms with Crippen LogP contribution in [0.2, 0.25) is 0 Å². The maximum Gasteiger partial charge on any atom is 0.434 e. The molecule has 0 atom stereocenters. The van der Waals surface area contributed by atoms with Crippen LogP contribution in [0.5, 0.6) is 0 Å². The molecule has 0 fully saturated rings. The van der Waals surface area contributed by atoms with Crippen LogP contribution in [0.15, 0.2) is 79.4 Å². The van der Waals surface area contributed by atoms with E-state index in [0.717, 1.165) is 33.4 Å². The van der Waals surface area contributed by atoms with Crippen LogP contribution >= 0.6 is 0 Å². The van der Waals surface area contributed by atoms with Crippen LogP contribution < -0.4 is 5.32 Å². The summed E-state index contributed by atoms with van der Waals surface area (Å²) in [5.41, 5.74) is 4.91. The third kappa shape index (κ3) is 5.85. The minimum absolute atomic E-state index is 0.191. The van der Waals surface area contributed by atoms with Gasteiger partial charge in [0.15, 0.2) is 0 Å². The SMILES string of the molecule is Cn1cc(-c2ccnc(Nc3cccc(COCCOCCn4ccnc4[N+](=O)[O-])c3)n2)c2ccccc21. The molecule has 0 aliphatic heterocycles. The Kier molecular flexibility index (Phi) is 7.67. The molecule has 0 aliphatic carbocycles. The maximum absolute atomic E-state index is 10.9. The number of imidazole rings is 1. The van der Waals surface area contributed by atoms with Crippen molar-refractivity contribution >= 4 is 28.5 Å². The zero-order valence-electron chi connectivity index (χ0n) is 20.9. The van der Waals surface area contributed by atoms with Crippen LogP contribution in [0, 0.1) is 10.1 Å². The summed E-state index contributed by atoms with van der Waals surface area (Å²) in [6, 6.07) is 18.0. The predicted molar refractivity (Wildman–Crippen MR) is 143 cm³/mol. The van der Waals surface area contributed by atoms with Crippen molar-refractivity contribution in [2.45, 2.75) is 13.2 Å². The van der Waals surface area contributed by atoms with Gasteiger partial charge in [-0.3, -0.25) is 0 Å². The lowest BCUT2D eigenvalue weighted by molar-refractivity contribution is -0.396. The molecule has 0 spiro atoms. The van der Waals surface area contributed by atoms with E-state index in [2.05, 4.69) is 38.2 Å². The Balaban J connectivity index is 1.12.